The fourth-order valence-corrected chi connectivity index (χ4v) is 4.36. The summed E-state index contributed by atoms with van der Waals surface area (Å²) in [6.07, 6.45) is 0.588. The minimum absolute atomic E-state index is 0.0724. The highest BCUT2D eigenvalue weighted by Crippen LogP contribution is 2.41. The molecule has 3 aromatic carbocycles. The molecule has 0 bridgehead atoms. The second-order valence-electron chi connectivity index (χ2n) is 8.04. The number of hydrogen-bond donors (Lipinski definition) is 0. The standard InChI is InChI=1S/C25H23FN2O4/c1-15-4-10-22(28(30)31)20-12-16(2)27(24(15)20)14-17-5-11-23(32-3)21(13-17)25(29)18-6-8-19(26)9-7-18/h4-11,13,16H,12,14H2,1-3H3. The van der Waals surface area contributed by atoms with Crippen molar-refractivity contribution in [2.45, 2.75) is 32.9 Å². The van der Waals surface area contributed by atoms with Crippen molar-refractivity contribution in [3.05, 3.63) is 98.3 Å². The number of anilines is 1. The van der Waals surface area contributed by atoms with Gasteiger partial charge in [0.05, 0.1) is 28.8 Å². The van der Waals surface area contributed by atoms with Crippen molar-refractivity contribution < 1.29 is 18.8 Å². The summed E-state index contributed by atoms with van der Waals surface area (Å²) in [5, 5.41) is 11.5. The van der Waals surface area contributed by atoms with Crippen molar-refractivity contribution in [3.63, 3.8) is 0 Å². The zero-order valence-electron chi connectivity index (χ0n) is 18.1. The summed E-state index contributed by atoms with van der Waals surface area (Å²) in [5.74, 6) is -0.233. The number of carbonyl (C=O) groups is 1. The second kappa shape index (κ2) is 8.42. The summed E-state index contributed by atoms with van der Waals surface area (Å²) in [4.78, 5) is 26.4. The van der Waals surface area contributed by atoms with E-state index in [9.17, 15) is 19.3 Å². The Balaban J connectivity index is 1.70. The normalized spacial score (nSPS) is 14.9. The fourth-order valence-electron chi connectivity index (χ4n) is 4.36. The van der Waals surface area contributed by atoms with Gasteiger partial charge in [0.15, 0.2) is 5.78 Å². The Morgan fingerprint density at radius 3 is 2.56 bits per heavy atom. The minimum Gasteiger partial charge on any atom is -0.496 e. The van der Waals surface area contributed by atoms with E-state index in [1.807, 2.05) is 19.9 Å². The van der Waals surface area contributed by atoms with Gasteiger partial charge in [0.1, 0.15) is 11.6 Å². The predicted molar refractivity (Wildman–Crippen MR) is 120 cm³/mol. The lowest BCUT2D eigenvalue weighted by molar-refractivity contribution is -0.385. The zero-order valence-corrected chi connectivity index (χ0v) is 18.1. The highest BCUT2D eigenvalue weighted by molar-refractivity contribution is 6.10. The maximum absolute atomic E-state index is 13.3. The maximum atomic E-state index is 13.3. The largest absolute Gasteiger partial charge is 0.496 e. The van der Waals surface area contributed by atoms with Crippen molar-refractivity contribution in [1.82, 2.24) is 0 Å². The lowest BCUT2D eigenvalue weighted by atomic mass is 9.99. The van der Waals surface area contributed by atoms with Gasteiger partial charge in [-0.15, -0.1) is 0 Å². The maximum Gasteiger partial charge on any atom is 0.274 e. The van der Waals surface area contributed by atoms with Crippen LogP contribution < -0.4 is 9.64 Å². The van der Waals surface area contributed by atoms with Gasteiger partial charge < -0.3 is 9.64 Å². The number of rotatable bonds is 6. The van der Waals surface area contributed by atoms with E-state index in [0.29, 0.717) is 29.8 Å². The molecule has 1 aliphatic heterocycles. The molecule has 1 atom stereocenters. The van der Waals surface area contributed by atoms with E-state index in [2.05, 4.69) is 4.90 Å². The summed E-state index contributed by atoms with van der Waals surface area (Å²) in [5.41, 5.74) is 4.38. The van der Waals surface area contributed by atoms with Crippen LogP contribution in [0.1, 0.15) is 39.5 Å². The second-order valence-corrected chi connectivity index (χ2v) is 8.04. The molecule has 0 saturated carbocycles. The van der Waals surface area contributed by atoms with Gasteiger partial charge in [0.25, 0.3) is 5.69 Å². The summed E-state index contributed by atoms with van der Waals surface area (Å²) in [7, 11) is 1.50. The Morgan fingerprint density at radius 2 is 1.91 bits per heavy atom. The number of aryl methyl sites for hydroxylation is 1. The first-order valence-electron chi connectivity index (χ1n) is 10.3. The van der Waals surface area contributed by atoms with Crippen molar-refractivity contribution in [3.8, 4) is 5.75 Å². The van der Waals surface area contributed by atoms with Gasteiger partial charge in [0.2, 0.25) is 0 Å². The highest BCUT2D eigenvalue weighted by atomic mass is 19.1. The Kier molecular flexibility index (Phi) is 5.65. The van der Waals surface area contributed by atoms with Crippen LogP contribution in [0.15, 0.2) is 54.6 Å². The number of hydrogen-bond acceptors (Lipinski definition) is 5. The van der Waals surface area contributed by atoms with E-state index < -0.39 is 5.82 Å². The molecule has 0 aromatic heterocycles. The molecular weight excluding hydrogens is 411 g/mol. The quantitative estimate of drug-likeness (QED) is 0.302. The minimum atomic E-state index is -0.409. The first kappa shape index (κ1) is 21.5. The van der Waals surface area contributed by atoms with Gasteiger partial charge in [-0.2, -0.15) is 0 Å². The van der Waals surface area contributed by atoms with Crippen LogP contribution >= 0.6 is 0 Å². The van der Waals surface area contributed by atoms with Crippen LogP contribution in [0.5, 0.6) is 5.75 Å². The first-order chi connectivity index (χ1) is 15.3. The highest BCUT2D eigenvalue weighted by Gasteiger charge is 2.33. The molecule has 0 N–H and O–H groups in total. The molecule has 3 aromatic rings. The molecule has 7 heteroatoms. The third kappa shape index (κ3) is 3.82. The van der Waals surface area contributed by atoms with Crippen molar-refractivity contribution in [1.29, 1.82) is 0 Å². The van der Waals surface area contributed by atoms with Crippen LogP contribution in [0.2, 0.25) is 0 Å². The Bertz CT molecular complexity index is 1210. The molecule has 0 fully saturated rings. The van der Waals surface area contributed by atoms with Crippen LogP contribution in [-0.4, -0.2) is 23.9 Å². The number of ketones is 1. The summed E-state index contributed by atoms with van der Waals surface area (Å²) >= 11 is 0. The summed E-state index contributed by atoms with van der Waals surface area (Å²) in [6.45, 7) is 4.48. The number of carbonyl (C=O) groups excluding carboxylic acids is 1. The molecule has 0 amide bonds. The number of benzene rings is 3. The molecule has 4 rings (SSSR count). The van der Waals surface area contributed by atoms with Gasteiger partial charge in [0, 0.05) is 30.6 Å². The Morgan fingerprint density at radius 1 is 1.19 bits per heavy atom. The molecule has 32 heavy (non-hydrogen) atoms. The molecule has 0 aliphatic carbocycles. The molecule has 6 nitrogen and oxygen atoms in total. The van der Waals surface area contributed by atoms with Gasteiger partial charge in [-0.1, -0.05) is 12.1 Å². The molecule has 0 spiro atoms. The van der Waals surface area contributed by atoms with Gasteiger partial charge in [-0.25, -0.2) is 4.39 Å². The van der Waals surface area contributed by atoms with Gasteiger partial charge >= 0.3 is 0 Å². The first-order valence-corrected chi connectivity index (χ1v) is 10.3. The van der Waals surface area contributed by atoms with Crippen LogP contribution in [0.3, 0.4) is 0 Å². The third-order valence-electron chi connectivity index (χ3n) is 5.94. The van der Waals surface area contributed by atoms with Crippen LogP contribution in [-0.2, 0) is 13.0 Å². The van der Waals surface area contributed by atoms with E-state index >= 15 is 0 Å². The Labute approximate surface area is 185 Å². The number of nitro benzene ring substituents is 1. The molecule has 1 unspecified atom stereocenters. The SMILES string of the molecule is COc1ccc(CN2c3c(C)ccc([N+](=O)[O-])c3CC2C)cc1C(=O)c1ccc(F)cc1. The van der Waals surface area contributed by atoms with E-state index in [-0.39, 0.29) is 22.4 Å². The van der Waals surface area contributed by atoms with Crippen LogP contribution in [0.25, 0.3) is 0 Å². The number of nitrogens with zero attached hydrogens (tertiary/aromatic N) is 2. The monoisotopic (exact) mass is 434 g/mol. The van der Waals surface area contributed by atoms with Crippen molar-refractivity contribution in [2.75, 3.05) is 12.0 Å². The van der Waals surface area contributed by atoms with E-state index in [1.165, 1.54) is 31.4 Å². The number of methoxy groups -OCH3 is 1. The van der Waals surface area contributed by atoms with E-state index in [1.54, 1.807) is 24.3 Å². The number of nitro groups is 1. The van der Waals surface area contributed by atoms with E-state index in [4.69, 9.17) is 4.74 Å². The van der Waals surface area contributed by atoms with Crippen molar-refractivity contribution in [2.24, 2.45) is 0 Å². The molecule has 0 radical (unpaired) electrons. The van der Waals surface area contributed by atoms with Gasteiger partial charge in [-0.3, -0.25) is 14.9 Å². The molecule has 1 aliphatic rings. The van der Waals surface area contributed by atoms with Crippen molar-refractivity contribution >= 4 is 17.2 Å². The van der Waals surface area contributed by atoms with E-state index in [0.717, 1.165) is 22.4 Å². The summed E-state index contributed by atoms with van der Waals surface area (Å²) < 4.78 is 18.7. The fraction of sp³-hybridized carbons (Fsp3) is 0.240. The molecule has 164 valence electrons. The third-order valence-corrected chi connectivity index (χ3v) is 5.94. The average molecular weight is 434 g/mol. The lowest BCUT2D eigenvalue weighted by Crippen LogP contribution is -2.29. The average Bonchev–Trinajstić information content (AvgIpc) is 3.10. The smallest absolute Gasteiger partial charge is 0.274 e. The van der Waals surface area contributed by atoms with Crippen LogP contribution in [0, 0.1) is 22.9 Å². The zero-order chi connectivity index (χ0) is 23.0. The van der Waals surface area contributed by atoms with Gasteiger partial charge in [-0.05, 0) is 61.4 Å². The molecular formula is C25H23FN2O4. The predicted octanol–water partition coefficient (Wildman–Crippen LogP) is 5.23. The summed E-state index contributed by atoms with van der Waals surface area (Å²) in [6, 6.07) is 14.2. The molecule has 1 heterocycles. The molecule has 0 saturated heterocycles. The number of halogens is 1. The number of fused-ring (bicyclic) bond motifs is 1. The lowest BCUT2D eigenvalue weighted by Gasteiger charge is -2.26. The number of ether oxygens (including phenoxy) is 1. The Hall–Kier alpha value is -3.74. The van der Waals surface area contributed by atoms with Crippen LogP contribution in [0.4, 0.5) is 15.8 Å². The topological polar surface area (TPSA) is 72.7 Å².